The molecule has 6 heteroatoms. The number of carbonyl (C=O) groups is 1. The minimum Gasteiger partial charge on any atom is -0.507 e. The highest BCUT2D eigenvalue weighted by Crippen LogP contribution is 2.31. The molecular formula is C9H9BrFNO3. The number of aromatic hydroxyl groups is 1. The van der Waals surface area contributed by atoms with Gasteiger partial charge < -0.3 is 15.9 Å². The molecule has 1 atom stereocenters. The van der Waals surface area contributed by atoms with Crippen molar-refractivity contribution in [3.63, 3.8) is 0 Å². The fourth-order valence-electron chi connectivity index (χ4n) is 1.18. The fraction of sp³-hybridized carbons (Fsp3) is 0.222. The van der Waals surface area contributed by atoms with Crippen molar-refractivity contribution >= 4 is 21.9 Å². The van der Waals surface area contributed by atoms with Crippen molar-refractivity contribution < 1.29 is 19.4 Å². The first-order valence-electron chi connectivity index (χ1n) is 4.08. The van der Waals surface area contributed by atoms with Gasteiger partial charge in [-0.2, -0.15) is 0 Å². The molecule has 0 radical (unpaired) electrons. The van der Waals surface area contributed by atoms with Crippen LogP contribution in [0.3, 0.4) is 0 Å². The average Bonchev–Trinajstić information content (AvgIpc) is 2.18. The van der Waals surface area contributed by atoms with Crippen LogP contribution in [0.4, 0.5) is 4.39 Å². The predicted octanol–water partition coefficient (Wildman–Crippen LogP) is 1.42. The molecule has 0 aromatic heterocycles. The lowest BCUT2D eigenvalue weighted by Crippen LogP contribution is -2.22. The lowest BCUT2D eigenvalue weighted by Gasteiger charge is -2.12. The van der Waals surface area contributed by atoms with Crippen molar-refractivity contribution in [2.45, 2.75) is 5.92 Å². The van der Waals surface area contributed by atoms with E-state index in [4.69, 9.17) is 15.9 Å². The van der Waals surface area contributed by atoms with Crippen molar-refractivity contribution in [1.82, 2.24) is 0 Å². The van der Waals surface area contributed by atoms with Crippen LogP contribution < -0.4 is 5.73 Å². The molecule has 0 bridgehead atoms. The molecule has 0 saturated carbocycles. The van der Waals surface area contributed by atoms with Gasteiger partial charge in [-0.3, -0.25) is 4.79 Å². The first kappa shape index (κ1) is 11.9. The smallest absolute Gasteiger partial charge is 0.312 e. The fourth-order valence-corrected chi connectivity index (χ4v) is 1.55. The lowest BCUT2D eigenvalue weighted by molar-refractivity contribution is -0.138. The van der Waals surface area contributed by atoms with E-state index >= 15 is 0 Å². The van der Waals surface area contributed by atoms with Gasteiger partial charge in [-0.05, 0) is 22.0 Å². The van der Waals surface area contributed by atoms with E-state index in [2.05, 4.69) is 15.9 Å². The van der Waals surface area contributed by atoms with E-state index in [1.54, 1.807) is 0 Å². The van der Waals surface area contributed by atoms with Crippen LogP contribution in [-0.4, -0.2) is 22.7 Å². The van der Waals surface area contributed by atoms with Crippen LogP contribution in [0, 0.1) is 5.82 Å². The Morgan fingerprint density at radius 2 is 2.20 bits per heavy atom. The molecule has 4 nitrogen and oxygen atoms in total. The summed E-state index contributed by atoms with van der Waals surface area (Å²) in [4.78, 5) is 10.8. The average molecular weight is 278 g/mol. The highest BCUT2D eigenvalue weighted by atomic mass is 79.9. The topological polar surface area (TPSA) is 83.6 Å². The normalized spacial score (nSPS) is 12.5. The van der Waals surface area contributed by atoms with Gasteiger partial charge in [-0.15, -0.1) is 0 Å². The molecule has 82 valence electrons. The first-order valence-corrected chi connectivity index (χ1v) is 4.88. The Morgan fingerprint density at radius 3 is 2.67 bits per heavy atom. The quantitative estimate of drug-likeness (QED) is 0.780. The molecule has 1 unspecified atom stereocenters. The molecule has 1 aromatic carbocycles. The third-order valence-electron chi connectivity index (χ3n) is 2.00. The maximum atomic E-state index is 13.5. The van der Waals surface area contributed by atoms with Crippen molar-refractivity contribution in [2.24, 2.45) is 5.73 Å². The van der Waals surface area contributed by atoms with E-state index in [9.17, 15) is 9.18 Å². The second kappa shape index (κ2) is 4.59. The second-order valence-electron chi connectivity index (χ2n) is 2.93. The number of nitrogens with two attached hydrogens (primary N) is 1. The van der Waals surface area contributed by atoms with E-state index < -0.39 is 17.7 Å². The summed E-state index contributed by atoms with van der Waals surface area (Å²) in [7, 11) is 0. The summed E-state index contributed by atoms with van der Waals surface area (Å²) in [6.45, 7) is -0.205. The number of carboxylic acid groups (broad SMARTS) is 1. The largest absolute Gasteiger partial charge is 0.507 e. The van der Waals surface area contributed by atoms with Gasteiger partial charge in [-0.1, -0.05) is 6.07 Å². The Labute approximate surface area is 93.6 Å². The lowest BCUT2D eigenvalue weighted by atomic mass is 9.99. The van der Waals surface area contributed by atoms with Crippen LogP contribution in [-0.2, 0) is 4.79 Å². The maximum absolute atomic E-state index is 13.5. The number of halogens is 2. The third-order valence-corrected chi connectivity index (χ3v) is 2.76. The van der Waals surface area contributed by atoms with Crippen molar-refractivity contribution in [2.75, 3.05) is 6.54 Å². The summed E-state index contributed by atoms with van der Waals surface area (Å²) in [5.41, 5.74) is 5.19. The second-order valence-corrected chi connectivity index (χ2v) is 3.72. The Balaban J connectivity index is 3.25. The zero-order valence-electron chi connectivity index (χ0n) is 7.58. The predicted molar refractivity (Wildman–Crippen MR) is 55.2 cm³/mol. The Bertz CT molecular complexity index is 397. The highest BCUT2D eigenvalue weighted by Gasteiger charge is 2.23. The molecule has 0 spiro atoms. The third kappa shape index (κ3) is 2.27. The monoisotopic (exact) mass is 277 g/mol. The molecule has 1 rings (SSSR count). The maximum Gasteiger partial charge on any atom is 0.312 e. The summed E-state index contributed by atoms with van der Waals surface area (Å²) in [5, 5.41) is 17.9. The van der Waals surface area contributed by atoms with Crippen LogP contribution >= 0.6 is 15.9 Å². The molecule has 0 fully saturated rings. The van der Waals surface area contributed by atoms with Gasteiger partial charge >= 0.3 is 5.97 Å². The van der Waals surface area contributed by atoms with Crippen molar-refractivity contribution in [3.05, 3.63) is 28.0 Å². The summed E-state index contributed by atoms with van der Waals surface area (Å²) in [6, 6.07) is 2.43. The highest BCUT2D eigenvalue weighted by molar-refractivity contribution is 9.10. The number of carboxylic acids is 1. The molecule has 4 N–H and O–H groups in total. The first-order chi connectivity index (χ1) is 6.99. The zero-order valence-corrected chi connectivity index (χ0v) is 9.16. The van der Waals surface area contributed by atoms with E-state index in [1.807, 2.05) is 0 Å². The number of phenols is 1. The molecular weight excluding hydrogens is 269 g/mol. The Hall–Kier alpha value is -1.14. The number of phenolic OH excluding ortho intramolecular Hbond substituents is 1. The molecule has 15 heavy (non-hydrogen) atoms. The van der Waals surface area contributed by atoms with Gasteiger partial charge in [0.15, 0.2) is 0 Å². The summed E-state index contributed by atoms with van der Waals surface area (Å²) < 4.78 is 13.4. The van der Waals surface area contributed by atoms with Crippen LogP contribution in [0.2, 0.25) is 0 Å². The van der Waals surface area contributed by atoms with Gasteiger partial charge in [0, 0.05) is 12.1 Å². The summed E-state index contributed by atoms with van der Waals surface area (Å²) in [6.07, 6.45) is 0. The van der Waals surface area contributed by atoms with Gasteiger partial charge in [0.2, 0.25) is 0 Å². The Morgan fingerprint density at radius 1 is 1.60 bits per heavy atom. The summed E-state index contributed by atoms with van der Waals surface area (Å²) in [5.74, 6) is -3.39. The van der Waals surface area contributed by atoms with Crippen LogP contribution in [0.5, 0.6) is 5.75 Å². The van der Waals surface area contributed by atoms with E-state index in [0.29, 0.717) is 0 Å². The Kier molecular flexibility index (Phi) is 3.65. The molecule has 0 aliphatic heterocycles. The number of benzene rings is 1. The standard InChI is InChI=1S/C9H9BrFNO3/c10-7-6(13)2-1-4(8(7)11)5(3-12)9(14)15/h1-2,5,13H,3,12H2,(H,14,15). The van der Waals surface area contributed by atoms with Gasteiger partial charge in [-0.25, -0.2) is 4.39 Å². The minimum absolute atomic E-state index is 0.0466. The van der Waals surface area contributed by atoms with E-state index in [1.165, 1.54) is 12.1 Å². The minimum atomic E-state index is -1.20. The number of aliphatic carboxylic acids is 1. The van der Waals surface area contributed by atoms with Crippen LogP contribution in [0.1, 0.15) is 11.5 Å². The van der Waals surface area contributed by atoms with Gasteiger partial charge in [0.25, 0.3) is 0 Å². The van der Waals surface area contributed by atoms with Gasteiger partial charge in [0.05, 0.1) is 10.4 Å². The molecule has 0 heterocycles. The zero-order chi connectivity index (χ0) is 11.6. The number of rotatable bonds is 3. The molecule has 1 aromatic rings. The van der Waals surface area contributed by atoms with Gasteiger partial charge in [0.1, 0.15) is 11.6 Å². The van der Waals surface area contributed by atoms with Crippen molar-refractivity contribution in [1.29, 1.82) is 0 Å². The molecule has 0 amide bonds. The van der Waals surface area contributed by atoms with Crippen LogP contribution in [0.15, 0.2) is 16.6 Å². The number of hydrogen-bond donors (Lipinski definition) is 3. The molecule has 0 saturated heterocycles. The molecule has 0 aliphatic carbocycles. The summed E-state index contributed by atoms with van der Waals surface area (Å²) >= 11 is 2.82. The van der Waals surface area contributed by atoms with Crippen molar-refractivity contribution in [3.8, 4) is 5.75 Å². The van der Waals surface area contributed by atoms with E-state index in [-0.39, 0.29) is 22.3 Å². The molecule has 0 aliphatic rings. The van der Waals surface area contributed by atoms with E-state index in [0.717, 1.165) is 0 Å². The SMILES string of the molecule is NCC(C(=O)O)c1ccc(O)c(Br)c1F. The van der Waals surface area contributed by atoms with Crippen LogP contribution in [0.25, 0.3) is 0 Å². The number of hydrogen-bond acceptors (Lipinski definition) is 3.